The van der Waals surface area contributed by atoms with E-state index in [0.717, 1.165) is 22.6 Å². The number of aromatic nitrogens is 3. The maximum atomic E-state index is 12.2. The molecule has 0 bridgehead atoms. The molecule has 0 aliphatic heterocycles. The van der Waals surface area contributed by atoms with Crippen LogP contribution in [0, 0.1) is 20.8 Å². The Hall–Kier alpha value is -3.09. The molecule has 0 spiro atoms. The molecule has 0 saturated heterocycles. The summed E-state index contributed by atoms with van der Waals surface area (Å²) in [7, 11) is 1.85. The van der Waals surface area contributed by atoms with Gasteiger partial charge in [-0.1, -0.05) is 11.2 Å². The maximum absolute atomic E-state index is 12.2. The van der Waals surface area contributed by atoms with Crippen molar-refractivity contribution in [3.8, 4) is 5.75 Å². The number of hydrogen-bond acceptors (Lipinski definition) is 5. The minimum atomic E-state index is -0.297. The summed E-state index contributed by atoms with van der Waals surface area (Å²) in [6, 6.07) is 7.47. The van der Waals surface area contributed by atoms with Crippen LogP contribution in [0.25, 0.3) is 0 Å². The molecule has 0 saturated carbocycles. The SMILES string of the molecule is Cc1ccc(OCc2cc(C(=O)NCc3cn(C)nc3C)no2)cc1C. The second-order valence-corrected chi connectivity index (χ2v) is 6.31. The fourth-order valence-corrected chi connectivity index (χ4v) is 2.53. The van der Waals surface area contributed by atoms with Crippen LogP contribution in [0.5, 0.6) is 5.75 Å². The summed E-state index contributed by atoms with van der Waals surface area (Å²) in [6.07, 6.45) is 1.88. The van der Waals surface area contributed by atoms with Gasteiger partial charge in [-0.25, -0.2) is 0 Å². The Morgan fingerprint density at radius 3 is 2.73 bits per heavy atom. The van der Waals surface area contributed by atoms with Crippen LogP contribution in [0.4, 0.5) is 0 Å². The number of rotatable bonds is 6. The van der Waals surface area contributed by atoms with Gasteiger partial charge in [0.05, 0.1) is 5.69 Å². The number of ether oxygens (including phenoxy) is 1. The molecule has 0 aliphatic rings. The van der Waals surface area contributed by atoms with Crippen LogP contribution in [0.15, 0.2) is 35.0 Å². The molecule has 2 aromatic heterocycles. The second kappa shape index (κ2) is 7.43. The highest BCUT2D eigenvalue weighted by Gasteiger charge is 2.14. The molecule has 7 heteroatoms. The van der Waals surface area contributed by atoms with Gasteiger partial charge in [0.2, 0.25) is 0 Å². The van der Waals surface area contributed by atoms with Gasteiger partial charge in [-0.15, -0.1) is 0 Å². The van der Waals surface area contributed by atoms with Crippen LogP contribution in [-0.2, 0) is 20.2 Å². The number of carbonyl (C=O) groups excluding carboxylic acids is 1. The number of carbonyl (C=O) groups is 1. The fraction of sp³-hybridized carbons (Fsp3) is 0.316. The summed E-state index contributed by atoms with van der Waals surface area (Å²) in [6.45, 7) is 6.58. The zero-order valence-corrected chi connectivity index (χ0v) is 15.4. The van der Waals surface area contributed by atoms with Gasteiger partial charge in [-0.2, -0.15) is 5.10 Å². The zero-order valence-electron chi connectivity index (χ0n) is 15.4. The van der Waals surface area contributed by atoms with Crippen LogP contribution < -0.4 is 10.1 Å². The maximum Gasteiger partial charge on any atom is 0.273 e. The molecule has 0 unspecified atom stereocenters. The van der Waals surface area contributed by atoms with E-state index in [-0.39, 0.29) is 18.2 Å². The predicted octanol–water partition coefficient (Wildman–Crippen LogP) is 2.84. The van der Waals surface area contributed by atoms with E-state index in [4.69, 9.17) is 9.26 Å². The van der Waals surface area contributed by atoms with Crippen LogP contribution in [0.3, 0.4) is 0 Å². The monoisotopic (exact) mass is 354 g/mol. The molecule has 0 atom stereocenters. The Morgan fingerprint density at radius 2 is 2.04 bits per heavy atom. The number of nitrogens with zero attached hydrogens (tertiary/aromatic N) is 3. The first-order chi connectivity index (χ1) is 12.4. The van der Waals surface area contributed by atoms with Crippen molar-refractivity contribution in [3.63, 3.8) is 0 Å². The summed E-state index contributed by atoms with van der Waals surface area (Å²) >= 11 is 0. The van der Waals surface area contributed by atoms with Crippen LogP contribution in [0.2, 0.25) is 0 Å². The van der Waals surface area contributed by atoms with Crippen molar-refractivity contribution in [3.05, 3.63) is 64.3 Å². The third-order valence-corrected chi connectivity index (χ3v) is 4.21. The van der Waals surface area contributed by atoms with Crippen LogP contribution in [-0.4, -0.2) is 20.8 Å². The van der Waals surface area contributed by atoms with E-state index in [1.165, 1.54) is 5.56 Å². The molecule has 0 fully saturated rings. The molecule has 0 radical (unpaired) electrons. The number of aryl methyl sites for hydroxylation is 4. The summed E-state index contributed by atoms with van der Waals surface area (Å²) in [5, 5.41) is 10.9. The highest BCUT2D eigenvalue weighted by Crippen LogP contribution is 2.18. The van der Waals surface area contributed by atoms with Gasteiger partial charge in [0.15, 0.2) is 11.5 Å². The molecule has 0 aliphatic carbocycles. The van der Waals surface area contributed by atoms with Gasteiger partial charge in [-0.3, -0.25) is 9.48 Å². The van der Waals surface area contributed by atoms with Crippen molar-refractivity contribution >= 4 is 5.91 Å². The van der Waals surface area contributed by atoms with Crippen LogP contribution >= 0.6 is 0 Å². The Morgan fingerprint density at radius 1 is 1.23 bits per heavy atom. The van der Waals surface area contributed by atoms with E-state index in [2.05, 4.69) is 15.6 Å². The van der Waals surface area contributed by atoms with E-state index in [9.17, 15) is 4.79 Å². The normalized spacial score (nSPS) is 10.8. The topological polar surface area (TPSA) is 82.2 Å². The van der Waals surface area contributed by atoms with Crippen molar-refractivity contribution < 1.29 is 14.1 Å². The molecular formula is C19H22N4O3. The molecule has 1 N–H and O–H groups in total. The Labute approximate surface area is 151 Å². The van der Waals surface area contributed by atoms with E-state index >= 15 is 0 Å². The first-order valence-electron chi connectivity index (χ1n) is 8.35. The first-order valence-corrected chi connectivity index (χ1v) is 8.35. The second-order valence-electron chi connectivity index (χ2n) is 6.31. The quantitative estimate of drug-likeness (QED) is 0.736. The molecule has 7 nitrogen and oxygen atoms in total. The lowest BCUT2D eigenvalue weighted by Crippen LogP contribution is -2.23. The minimum Gasteiger partial charge on any atom is -0.486 e. The van der Waals surface area contributed by atoms with Gasteiger partial charge in [0.25, 0.3) is 5.91 Å². The summed E-state index contributed by atoms with van der Waals surface area (Å²) in [4.78, 5) is 12.2. The highest BCUT2D eigenvalue weighted by molar-refractivity contribution is 5.92. The van der Waals surface area contributed by atoms with E-state index in [0.29, 0.717) is 12.3 Å². The highest BCUT2D eigenvalue weighted by atomic mass is 16.5. The standard InChI is InChI=1S/C19H22N4O3/c1-12-5-6-16(7-13(12)2)25-11-17-8-18(22-26-17)19(24)20-9-15-10-23(4)21-14(15)3/h5-8,10H,9,11H2,1-4H3,(H,20,24). The lowest BCUT2D eigenvalue weighted by atomic mass is 10.1. The fourth-order valence-electron chi connectivity index (χ4n) is 2.53. The summed E-state index contributed by atoms with van der Waals surface area (Å²) in [5.74, 6) is 0.947. The summed E-state index contributed by atoms with van der Waals surface area (Å²) in [5.41, 5.74) is 4.44. The van der Waals surface area contributed by atoms with Crippen molar-refractivity contribution in [2.45, 2.75) is 33.9 Å². The minimum absolute atomic E-state index is 0.213. The molecule has 1 amide bonds. The largest absolute Gasteiger partial charge is 0.486 e. The Balaban J connectivity index is 1.55. The first kappa shape index (κ1) is 17.7. The van der Waals surface area contributed by atoms with Crippen molar-refractivity contribution in [1.29, 1.82) is 0 Å². The summed E-state index contributed by atoms with van der Waals surface area (Å²) < 4.78 is 12.6. The Kier molecular flexibility index (Phi) is 5.06. The molecule has 1 aromatic carbocycles. The van der Waals surface area contributed by atoms with Gasteiger partial charge < -0.3 is 14.6 Å². The van der Waals surface area contributed by atoms with Gasteiger partial charge in [0, 0.05) is 31.4 Å². The third kappa shape index (κ3) is 4.11. The third-order valence-electron chi connectivity index (χ3n) is 4.21. The van der Waals surface area contributed by atoms with Gasteiger partial charge in [-0.05, 0) is 44.0 Å². The van der Waals surface area contributed by atoms with Gasteiger partial charge in [0.1, 0.15) is 12.4 Å². The zero-order chi connectivity index (χ0) is 18.7. The molecule has 3 rings (SSSR count). The number of benzene rings is 1. The molecule has 2 heterocycles. The molecule has 136 valence electrons. The van der Waals surface area contributed by atoms with Crippen molar-refractivity contribution in [1.82, 2.24) is 20.3 Å². The molecule has 3 aromatic rings. The lowest BCUT2D eigenvalue weighted by molar-refractivity contribution is 0.0941. The van der Waals surface area contributed by atoms with Crippen LogP contribution in [0.1, 0.15) is 38.6 Å². The van der Waals surface area contributed by atoms with Gasteiger partial charge >= 0.3 is 0 Å². The molecular weight excluding hydrogens is 332 g/mol. The number of hydrogen-bond donors (Lipinski definition) is 1. The average molecular weight is 354 g/mol. The average Bonchev–Trinajstić information content (AvgIpc) is 3.20. The van der Waals surface area contributed by atoms with E-state index < -0.39 is 0 Å². The number of nitrogens with one attached hydrogen (secondary N) is 1. The lowest BCUT2D eigenvalue weighted by Gasteiger charge is -2.06. The van der Waals surface area contributed by atoms with E-state index in [1.54, 1.807) is 10.7 Å². The van der Waals surface area contributed by atoms with E-state index in [1.807, 2.05) is 52.2 Å². The number of amides is 1. The van der Waals surface area contributed by atoms with Crippen molar-refractivity contribution in [2.75, 3.05) is 0 Å². The van der Waals surface area contributed by atoms with Crippen molar-refractivity contribution in [2.24, 2.45) is 7.05 Å². The predicted molar refractivity (Wildman–Crippen MR) is 95.9 cm³/mol. The molecule has 26 heavy (non-hydrogen) atoms. The Bertz CT molecular complexity index is 927. The smallest absolute Gasteiger partial charge is 0.273 e.